The summed E-state index contributed by atoms with van der Waals surface area (Å²) in [7, 11) is -0.238. The number of hydrogen-bond donors (Lipinski definition) is 0. The smallest absolute Gasteiger partial charge is 0.399 e. The van der Waals surface area contributed by atoms with E-state index in [1.807, 2.05) is 0 Å². The second-order valence-electron chi connectivity index (χ2n) is 5.36. The highest BCUT2D eigenvalue weighted by Crippen LogP contribution is 2.36. The quantitative estimate of drug-likeness (QED) is 0.711. The van der Waals surface area contributed by atoms with Gasteiger partial charge in [0, 0.05) is 24.4 Å². The van der Waals surface area contributed by atoms with E-state index in [2.05, 4.69) is 57.6 Å². The Kier molecular flexibility index (Phi) is 2.67. The Morgan fingerprint density at radius 3 is 2.19 bits per heavy atom. The van der Waals surface area contributed by atoms with Gasteiger partial charge < -0.3 is 13.9 Å². The second-order valence-corrected chi connectivity index (χ2v) is 5.36. The largest absolute Gasteiger partial charge is 0.496 e. The maximum absolute atomic E-state index is 5.97. The summed E-state index contributed by atoms with van der Waals surface area (Å²) in [5, 5.41) is 0. The maximum atomic E-state index is 5.97. The average Bonchev–Trinajstić information content (AvgIpc) is 2.70. The molecule has 1 saturated heterocycles. The van der Waals surface area contributed by atoms with Gasteiger partial charge in [-0.15, -0.1) is 0 Å². The molecule has 0 atom stereocenters. The molecule has 0 aromatic carbocycles. The van der Waals surface area contributed by atoms with Gasteiger partial charge in [0.2, 0.25) is 0 Å². The van der Waals surface area contributed by atoms with E-state index in [1.165, 1.54) is 0 Å². The summed E-state index contributed by atoms with van der Waals surface area (Å²) in [5.41, 5.74) is 0.582. The van der Waals surface area contributed by atoms with Gasteiger partial charge in [0.25, 0.3) is 0 Å². The average molecular weight is 221 g/mol. The first-order valence-corrected chi connectivity index (χ1v) is 5.87. The Balaban J connectivity index is 2.20. The highest BCUT2D eigenvalue weighted by atomic mass is 16.7. The topological polar surface area (TPSA) is 23.4 Å². The molecule has 0 saturated carbocycles. The van der Waals surface area contributed by atoms with Gasteiger partial charge in [0.1, 0.15) is 0 Å². The van der Waals surface area contributed by atoms with Crippen molar-refractivity contribution < 1.29 is 9.31 Å². The molecule has 0 bridgehead atoms. The van der Waals surface area contributed by atoms with Gasteiger partial charge >= 0.3 is 7.12 Å². The zero-order valence-corrected chi connectivity index (χ0v) is 10.8. The summed E-state index contributed by atoms with van der Waals surface area (Å²) in [4.78, 5) is 0. The maximum Gasteiger partial charge on any atom is 0.496 e. The summed E-state index contributed by atoms with van der Waals surface area (Å²) in [6.45, 7) is 11.4. The van der Waals surface area contributed by atoms with E-state index >= 15 is 0 Å². The SMILES string of the molecule is CCn1ccc(B2OC(C)(C)C(C)(C)O2)c1. The Hall–Kier alpha value is -0.735. The summed E-state index contributed by atoms with van der Waals surface area (Å²) in [6.07, 6.45) is 4.14. The van der Waals surface area contributed by atoms with E-state index in [9.17, 15) is 0 Å². The molecule has 1 aliphatic heterocycles. The van der Waals surface area contributed by atoms with E-state index in [4.69, 9.17) is 9.31 Å². The molecule has 0 unspecified atom stereocenters. The molecule has 0 aliphatic carbocycles. The highest BCUT2D eigenvalue weighted by molar-refractivity contribution is 6.62. The molecule has 0 amide bonds. The first-order chi connectivity index (χ1) is 7.36. The zero-order valence-electron chi connectivity index (χ0n) is 10.8. The number of aryl methyl sites for hydroxylation is 1. The van der Waals surface area contributed by atoms with Crippen molar-refractivity contribution in [3.8, 4) is 0 Å². The van der Waals surface area contributed by atoms with Crippen LogP contribution in [0.5, 0.6) is 0 Å². The lowest BCUT2D eigenvalue weighted by Gasteiger charge is -2.32. The molecule has 1 fully saturated rings. The second kappa shape index (κ2) is 3.64. The van der Waals surface area contributed by atoms with Gasteiger partial charge in [0.05, 0.1) is 11.2 Å². The van der Waals surface area contributed by atoms with Crippen LogP contribution in [0.2, 0.25) is 0 Å². The Morgan fingerprint density at radius 2 is 1.75 bits per heavy atom. The van der Waals surface area contributed by atoms with E-state index in [0.717, 1.165) is 12.0 Å². The van der Waals surface area contributed by atoms with Gasteiger partial charge in [-0.3, -0.25) is 0 Å². The third-order valence-electron chi connectivity index (χ3n) is 3.66. The molecular weight excluding hydrogens is 201 g/mol. The third-order valence-corrected chi connectivity index (χ3v) is 3.66. The fourth-order valence-corrected chi connectivity index (χ4v) is 1.77. The van der Waals surface area contributed by atoms with Gasteiger partial charge in [-0.25, -0.2) is 0 Å². The molecular formula is C12H20BNO2. The van der Waals surface area contributed by atoms with Crippen LogP contribution in [0.3, 0.4) is 0 Å². The van der Waals surface area contributed by atoms with Gasteiger partial charge in [-0.1, -0.05) is 0 Å². The Bertz CT molecular complexity index is 368. The molecule has 0 radical (unpaired) electrons. The summed E-state index contributed by atoms with van der Waals surface area (Å²) >= 11 is 0. The van der Waals surface area contributed by atoms with Crippen LogP contribution in [-0.2, 0) is 15.9 Å². The first kappa shape index (κ1) is 11.7. The fourth-order valence-electron chi connectivity index (χ4n) is 1.77. The van der Waals surface area contributed by atoms with Crippen LogP contribution in [0.15, 0.2) is 18.5 Å². The van der Waals surface area contributed by atoms with Crippen molar-refractivity contribution >= 4 is 12.6 Å². The number of hydrogen-bond acceptors (Lipinski definition) is 2. The standard InChI is InChI=1S/C12H20BNO2/c1-6-14-8-7-10(9-14)13-15-11(2,3)12(4,5)16-13/h7-9H,6H2,1-5H3. The molecule has 16 heavy (non-hydrogen) atoms. The molecule has 3 nitrogen and oxygen atoms in total. The lowest BCUT2D eigenvalue weighted by Crippen LogP contribution is -2.41. The molecule has 1 aromatic rings. The van der Waals surface area contributed by atoms with Crippen molar-refractivity contribution in [2.24, 2.45) is 0 Å². The van der Waals surface area contributed by atoms with Crippen molar-refractivity contribution in [3.05, 3.63) is 18.5 Å². The van der Waals surface area contributed by atoms with Crippen LogP contribution in [0.1, 0.15) is 34.6 Å². The lowest BCUT2D eigenvalue weighted by atomic mass is 9.81. The number of nitrogens with zero attached hydrogens (tertiary/aromatic N) is 1. The van der Waals surface area contributed by atoms with Crippen LogP contribution in [0, 0.1) is 0 Å². The Morgan fingerprint density at radius 1 is 1.19 bits per heavy atom. The molecule has 2 rings (SSSR count). The van der Waals surface area contributed by atoms with Crippen LogP contribution < -0.4 is 5.46 Å². The minimum Gasteiger partial charge on any atom is -0.399 e. The van der Waals surface area contributed by atoms with Gasteiger partial charge in [-0.05, 0) is 40.7 Å². The summed E-state index contributed by atoms with van der Waals surface area (Å²) in [6, 6.07) is 2.06. The van der Waals surface area contributed by atoms with E-state index < -0.39 is 0 Å². The van der Waals surface area contributed by atoms with Crippen LogP contribution in [0.4, 0.5) is 0 Å². The van der Waals surface area contributed by atoms with Crippen molar-refractivity contribution in [2.75, 3.05) is 0 Å². The van der Waals surface area contributed by atoms with Crippen molar-refractivity contribution in [2.45, 2.75) is 52.4 Å². The molecule has 4 heteroatoms. The molecule has 1 aliphatic rings. The number of rotatable bonds is 2. The van der Waals surface area contributed by atoms with Crippen molar-refractivity contribution in [1.82, 2.24) is 4.57 Å². The van der Waals surface area contributed by atoms with Crippen LogP contribution in [-0.4, -0.2) is 22.9 Å². The summed E-state index contributed by atoms with van der Waals surface area (Å²) in [5.74, 6) is 0. The Labute approximate surface area is 97.9 Å². The van der Waals surface area contributed by atoms with Crippen molar-refractivity contribution in [3.63, 3.8) is 0 Å². The van der Waals surface area contributed by atoms with Crippen molar-refractivity contribution in [1.29, 1.82) is 0 Å². The minimum absolute atomic E-state index is 0.238. The van der Waals surface area contributed by atoms with Crippen LogP contribution >= 0.6 is 0 Å². The van der Waals surface area contributed by atoms with Gasteiger partial charge in [0.15, 0.2) is 0 Å². The predicted molar refractivity (Wildman–Crippen MR) is 65.8 cm³/mol. The van der Waals surface area contributed by atoms with Crippen LogP contribution in [0.25, 0.3) is 0 Å². The zero-order chi connectivity index (χ0) is 12.0. The molecule has 2 heterocycles. The first-order valence-electron chi connectivity index (χ1n) is 5.87. The number of aromatic nitrogens is 1. The highest BCUT2D eigenvalue weighted by Gasteiger charge is 2.51. The molecule has 88 valence electrons. The normalized spacial score (nSPS) is 22.7. The fraction of sp³-hybridized carbons (Fsp3) is 0.667. The lowest BCUT2D eigenvalue weighted by molar-refractivity contribution is 0.00578. The summed E-state index contributed by atoms with van der Waals surface area (Å²) < 4.78 is 14.1. The minimum atomic E-state index is -0.258. The van der Waals surface area contributed by atoms with E-state index in [0.29, 0.717) is 0 Å². The third kappa shape index (κ3) is 1.80. The molecule has 0 N–H and O–H groups in total. The predicted octanol–water partition coefficient (Wildman–Crippen LogP) is 1.81. The molecule has 0 spiro atoms. The molecule has 1 aromatic heterocycles. The van der Waals surface area contributed by atoms with E-state index in [-0.39, 0.29) is 18.3 Å². The van der Waals surface area contributed by atoms with Gasteiger partial charge in [-0.2, -0.15) is 0 Å². The van der Waals surface area contributed by atoms with E-state index in [1.54, 1.807) is 0 Å². The monoisotopic (exact) mass is 221 g/mol.